The fraction of sp³-hybridized carbons (Fsp3) is 0.310. The number of fused-ring (bicyclic) bond motifs is 10. The topological polar surface area (TPSA) is 36.8 Å². The van der Waals surface area contributed by atoms with Gasteiger partial charge >= 0.3 is 0 Å². The van der Waals surface area contributed by atoms with Gasteiger partial charge in [-0.1, -0.05) is 166 Å². The van der Waals surface area contributed by atoms with Crippen LogP contribution in [0, 0.1) is 17.8 Å². The average Bonchev–Trinajstić information content (AvgIpc) is 4.05. The Kier molecular flexibility index (Phi) is 8.16. The van der Waals surface area contributed by atoms with Crippen molar-refractivity contribution in [2.75, 3.05) is 0 Å². The maximum absolute atomic E-state index is 5.28. The van der Waals surface area contributed by atoms with Crippen molar-refractivity contribution < 1.29 is 0 Å². The zero-order chi connectivity index (χ0) is 40.1. The van der Waals surface area contributed by atoms with Gasteiger partial charge in [-0.05, 0) is 152 Å². The number of hydrogen-bond donors (Lipinski definition) is 1. The molecule has 0 aromatic heterocycles. The molecule has 5 aromatic carbocycles. The summed E-state index contributed by atoms with van der Waals surface area (Å²) in [4.78, 5) is 10.5. The summed E-state index contributed by atoms with van der Waals surface area (Å²) in [6.45, 7) is 0. The Morgan fingerprint density at radius 3 is 1.92 bits per heavy atom. The average molecular weight is 792 g/mol. The zero-order valence-electron chi connectivity index (χ0n) is 35.0. The molecule has 4 unspecified atom stereocenters. The van der Waals surface area contributed by atoms with Crippen LogP contribution in [0.4, 0.5) is 0 Å². The zero-order valence-corrected chi connectivity index (χ0v) is 35.0. The SMILES string of the molecule is C1=CC2C3C(=C1)c1cc4c(cc1C1(CCCCC1)C23)-c1cc(-c2ccc(C3N=C(C5=CC=C(c6ccccc6)CC5)NC(c5ccccc5)=N3)cc2)ccc1C41CCCCC1. The molecule has 0 amide bonds. The van der Waals surface area contributed by atoms with E-state index in [9.17, 15) is 0 Å². The number of nitrogens with one attached hydrogen (secondary N) is 1. The quantitative estimate of drug-likeness (QED) is 0.189. The van der Waals surface area contributed by atoms with Crippen molar-refractivity contribution in [3.8, 4) is 22.3 Å². The third-order valence-electron chi connectivity index (χ3n) is 16.4. The lowest BCUT2D eigenvalue weighted by Gasteiger charge is -2.44. The number of hydrogen-bond acceptors (Lipinski definition) is 3. The first-order valence-corrected chi connectivity index (χ1v) is 23.4. The molecule has 0 radical (unpaired) electrons. The Hall–Kier alpha value is -5.80. The van der Waals surface area contributed by atoms with E-state index in [1.807, 2.05) is 0 Å². The van der Waals surface area contributed by atoms with E-state index in [2.05, 4.69) is 151 Å². The number of aliphatic imine (C=N–C) groups is 2. The third kappa shape index (κ3) is 5.54. The normalized spacial score (nSPS) is 25.7. The Balaban J connectivity index is 0.871. The Labute approximate surface area is 360 Å². The van der Waals surface area contributed by atoms with Crippen molar-refractivity contribution in [3.63, 3.8) is 0 Å². The van der Waals surface area contributed by atoms with E-state index in [-0.39, 0.29) is 11.6 Å². The fourth-order valence-electron chi connectivity index (χ4n) is 13.5. The minimum Gasteiger partial charge on any atom is -0.325 e. The van der Waals surface area contributed by atoms with Gasteiger partial charge in [-0.3, -0.25) is 0 Å². The lowest BCUT2D eigenvalue weighted by Crippen LogP contribution is -2.36. The van der Waals surface area contributed by atoms with E-state index >= 15 is 0 Å². The van der Waals surface area contributed by atoms with Gasteiger partial charge in [-0.25, -0.2) is 9.98 Å². The van der Waals surface area contributed by atoms with Crippen LogP contribution < -0.4 is 5.32 Å². The molecule has 4 atom stereocenters. The van der Waals surface area contributed by atoms with Crippen LogP contribution in [0.1, 0.15) is 122 Å². The minimum absolute atomic E-state index is 0.136. The first kappa shape index (κ1) is 35.9. The second-order valence-electron chi connectivity index (χ2n) is 19.4. The van der Waals surface area contributed by atoms with Gasteiger partial charge in [0.15, 0.2) is 6.17 Å². The highest BCUT2D eigenvalue weighted by atomic mass is 15.2. The predicted octanol–water partition coefficient (Wildman–Crippen LogP) is 13.9. The highest BCUT2D eigenvalue weighted by Crippen LogP contribution is 2.72. The number of allylic oxidation sites excluding steroid dienone is 7. The molecule has 1 N–H and O–H groups in total. The summed E-state index contributed by atoms with van der Waals surface area (Å²) in [6, 6.07) is 43.4. The van der Waals surface area contributed by atoms with E-state index in [0.717, 1.165) is 53.4 Å². The molecule has 1 aliphatic heterocycles. The van der Waals surface area contributed by atoms with Gasteiger partial charge in [-0.2, -0.15) is 0 Å². The maximum Gasteiger partial charge on any atom is 0.169 e. The van der Waals surface area contributed by atoms with Crippen molar-refractivity contribution in [2.45, 2.75) is 94.0 Å². The Bertz CT molecular complexity index is 2780. The molecule has 3 fully saturated rings. The van der Waals surface area contributed by atoms with Crippen LogP contribution in [0.2, 0.25) is 0 Å². The van der Waals surface area contributed by atoms with E-state index in [1.54, 1.807) is 33.4 Å². The molecule has 5 aromatic rings. The van der Waals surface area contributed by atoms with Gasteiger partial charge in [0.1, 0.15) is 11.7 Å². The second-order valence-corrected chi connectivity index (χ2v) is 19.4. The molecule has 3 saturated carbocycles. The van der Waals surface area contributed by atoms with E-state index in [4.69, 9.17) is 9.98 Å². The molecule has 8 aliphatic rings. The van der Waals surface area contributed by atoms with E-state index in [0.29, 0.717) is 5.41 Å². The molecular weight excluding hydrogens is 739 g/mol. The predicted molar refractivity (Wildman–Crippen MR) is 252 cm³/mol. The molecule has 2 spiro atoms. The molecular formula is C58H53N3. The van der Waals surface area contributed by atoms with Crippen LogP contribution >= 0.6 is 0 Å². The molecule has 0 saturated heterocycles. The lowest BCUT2D eigenvalue weighted by molar-refractivity contribution is 0.241. The molecule has 7 aliphatic carbocycles. The summed E-state index contributed by atoms with van der Waals surface area (Å²) in [7, 11) is 0. The minimum atomic E-state index is -0.326. The maximum atomic E-state index is 5.28. The van der Waals surface area contributed by atoms with Gasteiger partial charge in [-0.15, -0.1) is 0 Å². The van der Waals surface area contributed by atoms with Crippen molar-refractivity contribution in [1.29, 1.82) is 0 Å². The second kappa shape index (κ2) is 13.9. The van der Waals surface area contributed by atoms with Crippen molar-refractivity contribution >= 4 is 22.8 Å². The van der Waals surface area contributed by atoms with Crippen molar-refractivity contribution in [1.82, 2.24) is 5.32 Å². The van der Waals surface area contributed by atoms with Crippen LogP contribution in [0.3, 0.4) is 0 Å². The van der Waals surface area contributed by atoms with Gasteiger partial charge in [0.05, 0.1) is 0 Å². The van der Waals surface area contributed by atoms with Crippen LogP contribution in [-0.2, 0) is 10.8 Å². The molecule has 3 nitrogen and oxygen atoms in total. The summed E-state index contributed by atoms with van der Waals surface area (Å²) in [5, 5.41) is 3.64. The molecule has 13 rings (SSSR count). The fourth-order valence-corrected chi connectivity index (χ4v) is 13.5. The molecule has 300 valence electrons. The lowest BCUT2D eigenvalue weighted by atomic mass is 9.60. The third-order valence-corrected chi connectivity index (χ3v) is 16.4. The number of rotatable bonds is 5. The summed E-state index contributed by atoms with van der Waals surface area (Å²) in [5.41, 5.74) is 20.4. The van der Waals surface area contributed by atoms with E-state index < -0.39 is 0 Å². The summed E-state index contributed by atoms with van der Waals surface area (Å²) in [5.74, 6) is 4.10. The Morgan fingerprint density at radius 1 is 0.508 bits per heavy atom. The Morgan fingerprint density at radius 2 is 1.16 bits per heavy atom. The first-order chi connectivity index (χ1) is 30.2. The number of amidine groups is 2. The molecule has 61 heavy (non-hydrogen) atoms. The van der Waals surface area contributed by atoms with Gasteiger partial charge in [0.2, 0.25) is 0 Å². The summed E-state index contributed by atoms with van der Waals surface area (Å²) < 4.78 is 0. The highest BCUT2D eigenvalue weighted by Gasteiger charge is 2.65. The molecule has 1 heterocycles. The number of benzene rings is 5. The standard InChI is InChI=1S/C58H53N3/c1-5-14-37(15-6-1)38-20-24-41(25-21-38)55-59-54(40-16-7-2-8-17-40)60-56(61-55)42-26-22-39(23-27-42)43-28-29-49-46(34-43)48-36-51-47(35-50(48)57(49)30-9-3-10-31-57)44-18-13-19-45-52(44)53(45)58(51)32-11-4-12-33-58/h1-2,5-8,13-20,22-24,26-29,34-36,45,52-53,56H,3-4,9-12,21,25,30-33H2,(H,59,60,61). The number of nitrogens with zero attached hydrogens (tertiary/aromatic N) is 2. The molecule has 0 bridgehead atoms. The van der Waals surface area contributed by atoms with Crippen LogP contribution in [0.25, 0.3) is 33.4 Å². The summed E-state index contributed by atoms with van der Waals surface area (Å²) in [6.07, 6.45) is 27.0. The van der Waals surface area contributed by atoms with Crippen LogP contribution in [0.5, 0.6) is 0 Å². The van der Waals surface area contributed by atoms with Gasteiger partial charge in [0.25, 0.3) is 0 Å². The van der Waals surface area contributed by atoms with Gasteiger partial charge < -0.3 is 5.32 Å². The first-order valence-electron chi connectivity index (χ1n) is 23.4. The van der Waals surface area contributed by atoms with E-state index in [1.165, 1.54) is 97.6 Å². The van der Waals surface area contributed by atoms with Crippen LogP contribution in [0.15, 0.2) is 161 Å². The smallest absolute Gasteiger partial charge is 0.169 e. The summed E-state index contributed by atoms with van der Waals surface area (Å²) >= 11 is 0. The van der Waals surface area contributed by atoms with Gasteiger partial charge in [0, 0.05) is 11.0 Å². The highest BCUT2D eigenvalue weighted by molar-refractivity contribution is 6.16. The largest absolute Gasteiger partial charge is 0.325 e. The monoisotopic (exact) mass is 791 g/mol. The van der Waals surface area contributed by atoms with Crippen molar-refractivity contribution in [2.24, 2.45) is 27.7 Å². The molecule has 3 heteroatoms. The van der Waals surface area contributed by atoms with Crippen molar-refractivity contribution in [3.05, 3.63) is 190 Å². The van der Waals surface area contributed by atoms with Crippen LogP contribution in [-0.4, -0.2) is 11.7 Å².